The number of aliphatic hydroxyl groups excluding tert-OH is 1. The Morgan fingerprint density at radius 2 is 2.23 bits per heavy atom. The molecule has 1 spiro atoms. The normalized spacial score (nSPS) is 27.8. The molecule has 0 aromatic heterocycles. The molecule has 2 atom stereocenters. The van der Waals surface area contributed by atoms with Crippen LogP contribution in [0.5, 0.6) is 0 Å². The van der Waals surface area contributed by atoms with Crippen LogP contribution in [0.25, 0.3) is 5.57 Å². The van der Waals surface area contributed by atoms with Gasteiger partial charge in [0, 0.05) is 23.6 Å². The van der Waals surface area contributed by atoms with Gasteiger partial charge in [0.1, 0.15) is 5.57 Å². The van der Waals surface area contributed by atoms with Gasteiger partial charge >= 0.3 is 5.97 Å². The van der Waals surface area contributed by atoms with Gasteiger partial charge in [0.15, 0.2) is 11.4 Å². The zero-order valence-corrected chi connectivity index (χ0v) is 13.6. The van der Waals surface area contributed by atoms with E-state index in [9.17, 15) is 9.90 Å². The third-order valence-electron chi connectivity index (χ3n) is 4.19. The summed E-state index contributed by atoms with van der Waals surface area (Å²) >= 11 is 12.0. The monoisotopic (exact) mass is 342 g/mol. The Morgan fingerprint density at radius 1 is 1.45 bits per heavy atom. The highest BCUT2D eigenvalue weighted by Crippen LogP contribution is 2.48. The minimum atomic E-state index is -0.977. The summed E-state index contributed by atoms with van der Waals surface area (Å²) in [5.41, 5.74) is -0.418. The summed E-state index contributed by atoms with van der Waals surface area (Å²) in [7, 11) is 0. The van der Waals surface area contributed by atoms with Gasteiger partial charge in [-0.2, -0.15) is 0 Å². The van der Waals surface area contributed by atoms with Crippen LogP contribution in [0, 0.1) is 0 Å². The van der Waals surface area contributed by atoms with E-state index in [1.54, 1.807) is 12.1 Å². The summed E-state index contributed by atoms with van der Waals surface area (Å²) in [6.07, 6.45) is 1.74. The molecule has 1 aliphatic heterocycles. The van der Waals surface area contributed by atoms with E-state index in [4.69, 9.17) is 32.7 Å². The van der Waals surface area contributed by atoms with Crippen molar-refractivity contribution in [1.29, 1.82) is 0 Å². The molecule has 6 heteroatoms. The molecular weight excluding hydrogens is 327 g/mol. The average molecular weight is 343 g/mol. The molecule has 1 aromatic rings. The van der Waals surface area contributed by atoms with Gasteiger partial charge in [-0.3, -0.25) is 0 Å². The van der Waals surface area contributed by atoms with E-state index >= 15 is 0 Å². The summed E-state index contributed by atoms with van der Waals surface area (Å²) in [6.45, 7) is 2.51. The third kappa shape index (κ3) is 2.49. The van der Waals surface area contributed by atoms with E-state index in [1.165, 1.54) is 6.07 Å². The predicted molar refractivity (Wildman–Crippen MR) is 84.1 cm³/mol. The van der Waals surface area contributed by atoms with Crippen LogP contribution < -0.4 is 0 Å². The topological polar surface area (TPSA) is 55.8 Å². The van der Waals surface area contributed by atoms with Crippen molar-refractivity contribution in [2.45, 2.75) is 37.9 Å². The highest BCUT2D eigenvalue weighted by Gasteiger charge is 2.53. The van der Waals surface area contributed by atoms with E-state index in [2.05, 4.69) is 0 Å². The second-order valence-corrected chi connectivity index (χ2v) is 6.40. The maximum absolute atomic E-state index is 12.3. The summed E-state index contributed by atoms with van der Waals surface area (Å²) in [5, 5.41) is 11.4. The fourth-order valence-corrected chi connectivity index (χ4v) is 3.69. The van der Waals surface area contributed by atoms with Gasteiger partial charge in [0.2, 0.25) is 0 Å². The maximum atomic E-state index is 12.3. The minimum absolute atomic E-state index is 0.0139. The highest BCUT2D eigenvalue weighted by molar-refractivity contribution is 6.37. The van der Waals surface area contributed by atoms with E-state index < -0.39 is 11.6 Å². The van der Waals surface area contributed by atoms with Crippen molar-refractivity contribution in [2.75, 3.05) is 6.61 Å². The number of halogens is 2. The van der Waals surface area contributed by atoms with Gasteiger partial charge in [-0.1, -0.05) is 29.3 Å². The maximum Gasteiger partial charge on any atom is 0.343 e. The van der Waals surface area contributed by atoms with Gasteiger partial charge in [0.05, 0.1) is 11.1 Å². The molecule has 118 valence electrons. The molecule has 0 radical (unpaired) electrons. The van der Waals surface area contributed by atoms with Gasteiger partial charge in [-0.25, -0.2) is 4.79 Å². The van der Waals surface area contributed by atoms with Crippen molar-refractivity contribution < 1.29 is 19.4 Å². The number of rotatable bonds is 3. The zero-order valence-electron chi connectivity index (χ0n) is 12.1. The van der Waals surface area contributed by atoms with E-state index in [1.807, 2.05) is 6.92 Å². The first-order valence-electron chi connectivity index (χ1n) is 7.21. The highest BCUT2D eigenvalue weighted by atomic mass is 35.5. The van der Waals surface area contributed by atoms with Gasteiger partial charge < -0.3 is 14.6 Å². The Bertz CT molecular complexity index is 656. The molecule has 0 amide bonds. The van der Waals surface area contributed by atoms with Crippen molar-refractivity contribution in [3.05, 3.63) is 39.6 Å². The van der Waals surface area contributed by atoms with E-state index in [-0.39, 0.29) is 17.4 Å². The van der Waals surface area contributed by atoms with Crippen LogP contribution in [0.3, 0.4) is 0 Å². The number of hydrogen-bond acceptors (Lipinski definition) is 4. The summed E-state index contributed by atoms with van der Waals surface area (Å²) < 4.78 is 11.1. The lowest BCUT2D eigenvalue weighted by molar-refractivity contribution is -0.146. The Kier molecular flexibility index (Phi) is 4.10. The zero-order chi connectivity index (χ0) is 15.9. The number of aliphatic hydroxyl groups is 1. The number of carbonyl (C=O) groups is 1. The number of benzene rings is 1. The first-order valence-corrected chi connectivity index (χ1v) is 7.96. The summed E-state index contributed by atoms with van der Waals surface area (Å²) in [4.78, 5) is 12.3. The first-order chi connectivity index (χ1) is 10.5. The molecule has 1 aliphatic carbocycles. The molecule has 4 nitrogen and oxygen atoms in total. The molecule has 2 unspecified atom stereocenters. The number of hydrogen-bond donors (Lipinski definition) is 1. The molecule has 1 saturated carbocycles. The molecular formula is C16H16Cl2O4. The lowest BCUT2D eigenvalue weighted by Crippen LogP contribution is -2.29. The average Bonchev–Trinajstić information content (AvgIpc) is 2.95. The van der Waals surface area contributed by atoms with Crippen LogP contribution in [-0.2, 0) is 14.3 Å². The summed E-state index contributed by atoms with van der Waals surface area (Å²) in [5.74, 6) is -0.609. The summed E-state index contributed by atoms with van der Waals surface area (Å²) in [6, 6.07) is 4.78. The van der Waals surface area contributed by atoms with Crippen LogP contribution in [-0.4, -0.2) is 29.4 Å². The number of carbonyl (C=O) groups excluding carboxylic acids is 1. The molecule has 2 aliphatic rings. The van der Waals surface area contributed by atoms with E-state index in [0.29, 0.717) is 35.1 Å². The van der Waals surface area contributed by atoms with Crippen LogP contribution in [0.2, 0.25) is 10.0 Å². The van der Waals surface area contributed by atoms with Crippen molar-refractivity contribution in [1.82, 2.24) is 0 Å². The largest absolute Gasteiger partial charge is 0.507 e. The lowest BCUT2D eigenvalue weighted by Gasteiger charge is -2.22. The van der Waals surface area contributed by atoms with Gasteiger partial charge in [0.25, 0.3) is 0 Å². The molecule has 22 heavy (non-hydrogen) atoms. The van der Waals surface area contributed by atoms with Crippen molar-refractivity contribution in [2.24, 2.45) is 0 Å². The molecule has 1 N–H and O–H groups in total. The second kappa shape index (κ2) is 5.76. The Labute approximate surface area is 138 Å². The van der Waals surface area contributed by atoms with Crippen molar-refractivity contribution in [3.63, 3.8) is 0 Å². The Morgan fingerprint density at radius 3 is 2.91 bits per heavy atom. The smallest absolute Gasteiger partial charge is 0.343 e. The molecule has 1 fully saturated rings. The fraction of sp³-hybridized carbons (Fsp3) is 0.438. The molecule has 1 aromatic carbocycles. The van der Waals surface area contributed by atoms with Crippen LogP contribution >= 0.6 is 23.2 Å². The molecule has 1 heterocycles. The van der Waals surface area contributed by atoms with Crippen molar-refractivity contribution in [3.8, 4) is 0 Å². The number of ether oxygens (including phenoxy) is 2. The SMILES string of the molecule is CCOC1CCC2(C1)OC(=O)C(c1ccc(Cl)cc1Cl)=C2O. The molecule has 3 rings (SSSR count). The fourth-order valence-electron chi connectivity index (χ4n) is 3.18. The van der Waals surface area contributed by atoms with Crippen LogP contribution in [0.4, 0.5) is 0 Å². The predicted octanol–water partition coefficient (Wildman–Crippen LogP) is 4.15. The second-order valence-electron chi connectivity index (χ2n) is 5.55. The lowest BCUT2D eigenvalue weighted by atomic mass is 9.95. The third-order valence-corrected chi connectivity index (χ3v) is 4.74. The van der Waals surface area contributed by atoms with Crippen molar-refractivity contribution >= 4 is 34.7 Å². The Balaban J connectivity index is 1.99. The van der Waals surface area contributed by atoms with Gasteiger partial charge in [-0.05, 0) is 31.9 Å². The standard InChI is InChI=1S/C16H16Cl2O4/c1-2-21-10-5-6-16(8-10)14(19)13(15(20)22-16)11-4-3-9(17)7-12(11)18/h3-4,7,10,19H,2,5-6,8H2,1H3. The molecule has 0 bridgehead atoms. The number of esters is 1. The Hall–Kier alpha value is -1.23. The molecule has 0 saturated heterocycles. The minimum Gasteiger partial charge on any atom is -0.507 e. The van der Waals surface area contributed by atoms with Gasteiger partial charge in [-0.15, -0.1) is 0 Å². The van der Waals surface area contributed by atoms with Crippen LogP contribution in [0.1, 0.15) is 31.7 Å². The van der Waals surface area contributed by atoms with E-state index in [0.717, 1.165) is 6.42 Å². The first kappa shape index (κ1) is 15.7. The quantitative estimate of drug-likeness (QED) is 0.838. The van der Waals surface area contributed by atoms with Crippen LogP contribution in [0.15, 0.2) is 24.0 Å².